The summed E-state index contributed by atoms with van der Waals surface area (Å²) in [4.78, 5) is 0. The van der Waals surface area contributed by atoms with Gasteiger partial charge in [-0.15, -0.1) is 10.2 Å². The molecule has 6 nitrogen and oxygen atoms in total. The minimum absolute atomic E-state index is 0.458. The molecule has 1 rings (SSSR count). The van der Waals surface area contributed by atoms with Crippen LogP contribution in [0, 0.1) is 0 Å². The van der Waals surface area contributed by atoms with Gasteiger partial charge in [-0.05, 0) is 10.4 Å². The van der Waals surface area contributed by atoms with Crippen molar-refractivity contribution in [3.05, 3.63) is 0 Å². The molecule has 0 aromatic carbocycles. The second-order valence-corrected chi connectivity index (χ2v) is 0.950. The summed E-state index contributed by atoms with van der Waals surface area (Å²) < 4.78 is 0. The van der Waals surface area contributed by atoms with Gasteiger partial charge in [-0.1, -0.05) is 0 Å². The molecular formula is CH4N6. The molecule has 0 unspecified atom stereocenters. The van der Waals surface area contributed by atoms with E-state index in [1.165, 1.54) is 0 Å². The van der Waals surface area contributed by atoms with Crippen molar-refractivity contribution >= 4 is 0 Å². The summed E-state index contributed by atoms with van der Waals surface area (Å²) in [6.07, 6.45) is -0.458. The molecule has 1 aliphatic rings. The fourth-order valence-corrected chi connectivity index (χ4v) is 0.234. The first-order chi connectivity index (χ1) is 3.43. The summed E-state index contributed by atoms with van der Waals surface area (Å²) >= 11 is 0. The molecule has 0 radical (unpaired) electrons. The van der Waals surface area contributed by atoms with Crippen molar-refractivity contribution in [3.63, 3.8) is 0 Å². The fourth-order valence-electron chi connectivity index (χ4n) is 0.234. The molecule has 7 heavy (non-hydrogen) atoms. The van der Waals surface area contributed by atoms with Crippen LogP contribution in [0.5, 0.6) is 0 Å². The van der Waals surface area contributed by atoms with Gasteiger partial charge in [0.1, 0.15) is 0 Å². The van der Waals surface area contributed by atoms with Crippen molar-refractivity contribution in [2.45, 2.75) is 6.29 Å². The van der Waals surface area contributed by atoms with E-state index in [1.807, 2.05) is 0 Å². The summed E-state index contributed by atoms with van der Waals surface area (Å²) in [5, 5.41) is 13.2. The lowest BCUT2D eigenvalue weighted by Crippen LogP contribution is -2.30. The number of hydrazine groups is 1. The van der Waals surface area contributed by atoms with E-state index in [0.717, 1.165) is 0 Å². The highest BCUT2D eigenvalue weighted by molar-refractivity contribution is 4.51. The molecule has 0 spiro atoms. The average molecular weight is 100 g/mol. The van der Waals surface area contributed by atoms with E-state index in [2.05, 4.69) is 26.1 Å². The first kappa shape index (κ1) is 4.28. The van der Waals surface area contributed by atoms with Crippen LogP contribution in [0.25, 0.3) is 0 Å². The van der Waals surface area contributed by atoms with Gasteiger partial charge in [0.25, 0.3) is 0 Å². The summed E-state index contributed by atoms with van der Waals surface area (Å²) in [5.74, 6) is 4.88. The highest BCUT2D eigenvalue weighted by Gasteiger charge is 2.02. The van der Waals surface area contributed by atoms with E-state index in [9.17, 15) is 0 Å². The normalized spacial score (nSPS) is 19.0. The monoisotopic (exact) mass is 100 g/mol. The molecule has 0 aromatic rings. The van der Waals surface area contributed by atoms with Crippen molar-refractivity contribution < 1.29 is 0 Å². The van der Waals surface area contributed by atoms with Crippen LogP contribution in [0.4, 0.5) is 0 Å². The van der Waals surface area contributed by atoms with Crippen molar-refractivity contribution in [1.29, 1.82) is 0 Å². The Kier molecular flexibility index (Phi) is 1.05. The Bertz CT molecular complexity index is 90.7. The molecule has 6 heteroatoms. The van der Waals surface area contributed by atoms with Gasteiger partial charge in [0.15, 0.2) is 0 Å². The summed E-state index contributed by atoms with van der Waals surface area (Å²) in [6, 6.07) is 0. The molecule has 38 valence electrons. The topological polar surface area (TPSA) is 87.5 Å². The zero-order valence-corrected chi connectivity index (χ0v) is 3.44. The Morgan fingerprint density at radius 3 is 2.14 bits per heavy atom. The van der Waals surface area contributed by atoms with Gasteiger partial charge < -0.3 is 0 Å². The average Bonchev–Trinajstić information content (AvgIpc) is 2.14. The van der Waals surface area contributed by atoms with Gasteiger partial charge in [0.2, 0.25) is 6.29 Å². The standard InChI is InChI=1S/CH4N6/c2-3-1-4-6-7-5-1/h1,3H,2H2. The van der Waals surface area contributed by atoms with E-state index in [-0.39, 0.29) is 0 Å². The Balaban J connectivity index is 2.44. The molecule has 1 heterocycles. The second-order valence-electron chi connectivity index (χ2n) is 0.950. The second kappa shape index (κ2) is 1.71. The van der Waals surface area contributed by atoms with E-state index in [4.69, 9.17) is 5.84 Å². The molecular weight excluding hydrogens is 96.1 g/mol. The van der Waals surface area contributed by atoms with Gasteiger partial charge in [-0.2, -0.15) is 0 Å². The van der Waals surface area contributed by atoms with E-state index >= 15 is 0 Å². The van der Waals surface area contributed by atoms with Gasteiger partial charge in [-0.25, -0.2) is 5.43 Å². The van der Waals surface area contributed by atoms with Gasteiger partial charge in [-0.3, -0.25) is 5.84 Å². The zero-order valence-electron chi connectivity index (χ0n) is 3.44. The van der Waals surface area contributed by atoms with Crippen LogP contribution in [-0.2, 0) is 0 Å². The third-order valence-corrected chi connectivity index (χ3v) is 0.511. The van der Waals surface area contributed by atoms with E-state index < -0.39 is 6.29 Å². The third kappa shape index (κ3) is 0.756. The lowest BCUT2D eigenvalue weighted by molar-refractivity contribution is 0.566. The summed E-state index contributed by atoms with van der Waals surface area (Å²) in [5.41, 5.74) is 2.24. The molecule has 0 atom stereocenters. The fraction of sp³-hybridized carbons (Fsp3) is 1.00. The highest BCUT2D eigenvalue weighted by Crippen LogP contribution is 1.97. The third-order valence-electron chi connectivity index (χ3n) is 0.511. The van der Waals surface area contributed by atoms with Crippen LogP contribution >= 0.6 is 0 Å². The maximum atomic E-state index is 4.88. The number of nitrogens with one attached hydrogen (secondary N) is 1. The Morgan fingerprint density at radius 2 is 1.86 bits per heavy atom. The van der Waals surface area contributed by atoms with Crippen LogP contribution in [0.3, 0.4) is 0 Å². The first-order valence-electron chi connectivity index (χ1n) is 1.69. The van der Waals surface area contributed by atoms with Gasteiger partial charge in [0.05, 0.1) is 0 Å². The first-order valence-corrected chi connectivity index (χ1v) is 1.69. The predicted molar refractivity (Wildman–Crippen MR) is 20.8 cm³/mol. The Morgan fingerprint density at radius 1 is 1.29 bits per heavy atom. The van der Waals surface area contributed by atoms with Crippen LogP contribution in [0.15, 0.2) is 20.7 Å². The van der Waals surface area contributed by atoms with Crippen molar-refractivity contribution in [1.82, 2.24) is 5.43 Å². The van der Waals surface area contributed by atoms with Crippen molar-refractivity contribution in [2.24, 2.45) is 26.5 Å². The predicted octanol–water partition coefficient (Wildman–Crippen LogP) is -0.434. The quantitative estimate of drug-likeness (QED) is 0.346. The molecule has 0 saturated heterocycles. The number of rotatable bonds is 1. The largest absolute Gasteiger partial charge is 0.268 e. The SMILES string of the molecule is NNC1N=NN=N1. The maximum Gasteiger partial charge on any atom is 0.249 e. The number of hydrogen-bond acceptors (Lipinski definition) is 6. The molecule has 0 aliphatic carbocycles. The molecule has 0 fully saturated rings. The minimum Gasteiger partial charge on any atom is -0.268 e. The smallest absolute Gasteiger partial charge is 0.249 e. The van der Waals surface area contributed by atoms with Crippen LogP contribution in [0.2, 0.25) is 0 Å². The molecule has 0 saturated carbocycles. The van der Waals surface area contributed by atoms with Crippen molar-refractivity contribution in [3.8, 4) is 0 Å². The Hall–Kier alpha value is -0.880. The van der Waals surface area contributed by atoms with Gasteiger partial charge in [0, 0.05) is 0 Å². The van der Waals surface area contributed by atoms with E-state index in [1.54, 1.807) is 0 Å². The summed E-state index contributed by atoms with van der Waals surface area (Å²) in [6.45, 7) is 0. The van der Waals surface area contributed by atoms with E-state index in [0.29, 0.717) is 0 Å². The van der Waals surface area contributed by atoms with Crippen LogP contribution in [0.1, 0.15) is 0 Å². The summed E-state index contributed by atoms with van der Waals surface area (Å²) in [7, 11) is 0. The minimum atomic E-state index is -0.458. The number of hydrogen-bond donors (Lipinski definition) is 2. The highest BCUT2D eigenvalue weighted by atomic mass is 15.6. The van der Waals surface area contributed by atoms with Gasteiger partial charge >= 0.3 is 0 Å². The molecule has 3 N–H and O–H groups in total. The molecule has 0 amide bonds. The van der Waals surface area contributed by atoms with Crippen molar-refractivity contribution in [2.75, 3.05) is 0 Å². The number of nitrogens with zero attached hydrogens (tertiary/aromatic N) is 4. The molecule has 0 aromatic heterocycles. The maximum absolute atomic E-state index is 4.88. The lowest BCUT2D eigenvalue weighted by Gasteiger charge is -1.91. The van der Waals surface area contributed by atoms with Crippen LogP contribution in [-0.4, -0.2) is 6.29 Å². The number of nitrogens with two attached hydrogens (primary N) is 1. The zero-order chi connectivity index (χ0) is 5.11. The Labute approximate surface area is 39.5 Å². The lowest BCUT2D eigenvalue weighted by atomic mass is 11.0. The van der Waals surface area contributed by atoms with Crippen LogP contribution < -0.4 is 11.3 Å². The molecule has 1 aliphatic heterocycles. The molecule has 0 bridgehead atoms.